The van der Waals surface area contributed by atoms with Gasteiger partial charge in [0.05, 0.1) is 22.6 Å². The number of aryl methyl sites for hydroxylation is 1. The summed E-state index contributed by atoms with van der Waals surface area (Å²) in [5.41, 5.74) is 1.75. The summed E-state index contributed by atoms with van der Waals surface area (Å²) in [5, 5.41) is 0.673. The molecular formula is C20H22N2O5S. The number of hydrogen-bond donors (Lipinski definition) is 0. The van der Waals surface area contributed by atoms with Crippen molar-refractivity contribution in [2.75, 3.05) is 18.1 Å². The maximum Gasteiger partial charge on any atom is 0.339 e. The van der Waals surface area contributed by atoms with Gasteiger partial charge < -0.3 is 9.64 Å². The van der Waals surface area contributed by atoms with E-state index in [1.165, 1.54) is 0 Å². The van der Waals surface area contributed by atoms with Crippen molar-refractivity contribution in [3.05, 3.63) is 41.6 Å². The summed E-state index contributed by atoms with van der Waals surface area (Å²) in [6, 6.07) is 8.67. The summed E-state index contributed by atoms with van der Waals surface area (Å²) in [6.45, 7) is 1.41. The molecule has 1 atom stereocenters. The van der Waals surface area contributed by atoms with Crippen LogP contribution in [0.2, 0.25) is 0 Å². The molecule has 4 rings (SSSR count). The van der Waals surface area contributed by atoms with Gasteiger partial charge in [-0.15, -0.1) is 0 Å². The van der Waals surface area contributed by atoms with Crippen LogP contribution in [-0.2, 0) is 19.4 Å². The molecule has 0 spiro atoms. The highest BCUT2D eigenvalue weighted by atomic mass is 32.2. The molecule has 0 bridgehead atoms. The van der Waals surface area contributed by atoms with Crippen LogP contribution in [0.15, 0.2) is 30.3 Å². The number of pyridine rings is 1. The van der Waals surface area contributed by atoms with E-state index in [0.717, 1.165) is 12.8 Å². The van der Waals surface area contributed by atoms with Crippen LogP contribution in [0.1, 0.15) is 35.3 Å². The van der Waals surface area contributed by atoms with E-state index < -0.39 is 15.8 Å². The van der Waals surface area contributed by atoms with Gasteiger partial charge in [-0.2, -0.15) is 0 Å². The van der Waals surface area contributed by atoms with Crippen molar-refractivity contribution < 1.29 is 22.7 Å². The van der Waals surface area contributed by atoms with Gasteiger partial charge in [-0.25, -0.2) is 13.2 Å². The summed E-state index contributed by atoms with van der Waals surface area (Å²) in [5.74, 6) is -0.800. The maximum absolute atomic E-state index is 12.7. The van der Waals surface area contributed by atoms with Crippen molar-refractivity contribution in [1.29, 1.82) is 0 Å². The van der Waals surface area contributed by atoms with E-state index in [1.54, 1.807) is 24.0 Å². The lowest BCUT2D eigenvalue weighted by Gasteiger charge is -2.28. The molecule has 2 fully saturated rings. The Hall–Kier alpha value is -2.48. The molecule has 1 aromatic carbocycles. The smallest absolute Gasteiger partial charge is 0.339 e. The fourth-order valence-corrected chi connectivity index (χ4v) is 5.52. The van der Waals surface area contributed by atoms with Gasteiger partial charge in [0.2, 0.25) is 0 Å². The van der Waals surface area contributed by atoms with Crippen LogP contribution in [0, 0.1) is 6.92 Å². The molecule has 2 aromatic rings. The lowest BCUT2D eigenvalue weighted by atomic mass is 10.1. The van der Waals surface area contributed by atoms with E-state index in [4.69, 9.17) is 4.74 Å². The topological polar surface area (TPSA) is 93.6 Å². The normalized spacial score (nSPS) is 20.8. The molecule has 1 aliphatic heterocycles. The lowest BCUT2D eigenvalue weighted by Crippen LogP contribution is -2.44. The minimum Gasteiger partial charge on any atom is -0.452 e. The molecule has 148 valence electrons. The third-order valence-corrected chi connectivity index (χ3v) is 6.97. The second-order valence-electron chi connectivity index (χ2n) is 7.49. The Balaban J connectivity index is 1.48. The van der Waals surface area contributed by atoms with Crippen molar-refractivity contribution in [1.82, 2.24) is 9.88 Å². The predicted molar refractivity (Wildman–Crippen MR) is 104 cm³/mol. The number of sulfone groups is 1. The van der Waals surface area contributed by atoms with Crippen molar-refractivity contribution in [3.63, 3.8) is 0 Å². The fraction of sp³-hybridized carbons (Fsp3) is 0.450. The highest BCUT2D eigenvalue weighted by molar-refractivity contribution is 7.91. The Bertz CT molecular complexity index is 1050. The van der Waals surface area contributed by atoms with Gasteiger partial charge in [0.1, 0.15) is 0 Å². The Labute approximate surface area is 163 Å². The number of fused-ring (bicyclic) bond motifs is 1. The standard InChI is InChI=1S/C20H22N2O5S/c1-13-10-17(16-4-2-3-5-18(16)21-13)20(24)27-11-19(23)22(14-6-7-14)15-8-9-28(25,26)12-15/h2-5,10,14-15H,6-9,11-12H2,1H3/t15-/m0/s1. The van der Waals surface area contributed by atoms with Gasteiger partial charge in [-0.1, -0.05) is 18.2 Å². The highest BCUT2D eigenvalue weighted by Crippen LogP contribution is 2.32. The molecule has 1 amide bonds. The van der Waals surface area contributed by atoms with Crippen LogP contribution in [-0.4, -0.2) is 60.4 Å². The van der Waals surface area contributed by atoms with Gasteiger partial charge in [-0.3, -0.25) is 9.78 Å². The molecule has 1 saturated carbocycles. The van der Waals surface area contributed by atoms with E-state index in [1.807, 2.05) is 18.2 Å². The Morgan fingerprint density at radius 2 is 1.93 bits per heavy atom. The zero-order valence-corrected chi connectivity index (χ0v) is 16.4. The van der Waals surface area contributed by atoms with Gasteiger partial charge in [0, 0.05) is 23.2 Å². The number of para-hydroxylation sites is 1. The van der Waals surface area contributed by atoms with Crippen molar-refractivity contribution >= 4 is 32.6 Å². The molecule has 1 aliphatic carbocycles. The van der Waals surface area contributed by atoms with E-state index in [9.17, 15) is 18.0 Å². The zero-order chi connectivity index (χ0) is 19.9. The van der Waals surface area contributed by atoms with Crippen LogP contribution in [0.5, 0.6) is 0 Å². The number of nitrogens with zero attached hydrogens (tertiary/aromatic N) is 2. The van der Waals surface area contributed by atoms with Crippen LogP contribution >= 0.6 is 0 Å². The molecular weight excluding hydrogens is 380 g/mol. The monoisotopic (exact) mass is 402 g/mol. The summed E-state index contributed by atoms with van der Waals surface area (Å²) in [6.07, 6.45) is 2.18. The van der Waals surface area contributed by atoms with E-state index in [-0.39, 0.29) is 36.1 Å². The molecule has 8 heteroatoms. The average Bonchev–Trinajstić information content (AvgIpc) is 3.42. The maximum atomic E-state index is 12.7. The second-order valence-corrected chi connectivity index (χ2v) is 9.72. The highest BCUT2D eigenvalue weighted by Gasteiger charge is 2.42. The number of carbonyl (C=O) groups excluding carboxylic acids is 2. The van der Waals surface area contributed by atoms with Crippen LogP contribution < -0.4 is 0 Å². The van der Waals surface area contributed by atoms with E-state index in [0.29, 0.717) is 28.6 Å². The van der Waals surface area contributed by atoms with Crippen molar-refractivity contribution in [2.24, 2.45) is 0 Å². The molecule has 0 N–H and O–H groups in total. The Morgan fingerprint density at radius 1 is 1.18 bits per heavy atom. The Kier molecular flexibility index (Phi) is 4.82. The molecule has 0 unspecified atom stereocenters. The Morgan fingerprint density at radius 3 is 2.61 bits per heavy atom. The third-order valence-electron chi connectivity index (χ3n) is 5.22. The number of esters is 1. The number of carbonyl (C=O) groups is 2. The summed E-state index contributed by atoms with van der Waals surface area (Å²) in [7, 11) is -3.09. The SMILES string of the molecule is Cc1cc(C(=O)OCC(=O)N(C2CC2)[C@H]2CCS(=O)(=O)C2)c2ccccc2n1. The molecule has 28 heavy (non-hydrogen) atoms. The van der Waals surface area contributed by atoms with Gasteiger partial charge >= 0.3 is 5.97 Å². The molecule has 2 aliphatic rings. The molecule has 7 nitrogen and oxygen atoms in total. The van der Waals surface area contributed by atoms with Crippen LogP contribution in [0.3, 0.4) is 0 Å². The zero-order valence-electron chi connectivity index (χ0n) is 15.6. The summed E-state index contributed by atoms with van der Waals surface area (Å²) in [4.78, 5) is 31.4. The molecule has 0 radical (unpaired) electrons. The fourth-order valence-electron chi connectivity index (χ4n) is 3.81. The first-order chi connectivity index (χ1) is 13.3. The van der Waals surface area contributed by atoms with Gasteiger partial charge in [-0.05, 0) is 38.3 Å². The lowest BCUT2D eigenvalue weighted by molar-refractivity contribution is -0.137. The molecule has 1 aromatic heterocycles. The van der Waals surface area contributed by atoms with Crippen LogP contribution in [0.25, 0.3) is 10.9 Å². The van der Waals surface area contributed by atoms with Gasteiger partial charge in [0.25, 0.3) is 5.91 Å². The second kappa shape index (κ2) is 7.16. The predicted octanol–water partition coefficient (Wildman–Crippen LogP) is 1.88. The number of rotatable bonds is 5. The summed E-state index contributed by atoms with van der Waals surface area (Å²) >= 11 is 0. The number of aromatic nitrogens is 1. The first kappa shape index (κ1) is 18.9. The quantitative estimate of drug-likeness (QED) is 0.709. The number of ether oxygens (including phenoxy) is 1. The van der Waals surface area contributed by atoms with E-state index >= 15 is 0 Å². The minimum atomic E-state index is -3.09. The third kappa shape index (κ3) is 3.87. The van der Waals surface area contributed by atoms with Crippen LogP contribution in [0.4, 0.5) is 0 Å². The summed E-state index contributed by atoms with van der Waals surface area (Å²) < 4.78 is 28.9. The number of amides is 1. The first-order valence-corrected chi connectivity index (χ1v) is 11.2. The van der Waals surface area contributed by atoms with Crippen molar-refractivity contribution in [2.45, 2.75) is 38.3 Å². The first-order valence-electron chi connectivity index (χ1n) is 9.39. The minimum absolute atomic E-state index is 0.00261. The number of hydrogen-bond acceptors (Lipinski definition) is 6. The average molecular weight is 402 g/mol. The van der Waals surface area contributed by atoms with Crippen molar-refractivity contribution in [3.8, 4) is 0 Å². The van der Waals surface area contributed by atoms with Gasteiger partial charge in [0.15, 0.2) is 16.4 Å². The largest absolute Gasteiger partial charge is 0.452 e. The molecule has 1 saturated heterocycles. The number of benzene rings is 1. The van der Waals surface area contributed by atoms with E-state index in [2.05, 4.69) is 4.98 Å². The molecule has 2 heterocycles.